The van der Waals surface area contributed by atoms with E-state index in [1.165, 1.54) is 55.7 Å². The van der Waals surface area contributed by atoms with E-state index in [0.29, 0.717) is 5.41 Å². The highest BCUT2D eigenvalue weighted by Crippen LogP contribution is 2.56. The highest BCUT2D eigenvalue weighted by atomic mass is 15.3. The van der Waals surface area contributed by atoms with Crippen LogP contribution in [0.5, 0.6) is 0 Å². The molecular weight excluding hydrogens is 258 g/mol. The van der Waals surface area contributed by atoms with Gasteiger partial charge in [0.2, 0.25) is 0 Å². The zero-order chi connectivity index (χ0) is 13.9. The number of hydrogen-bond acceptors (Lipinski definition) is 2. The molecule has 2 aliphatic heterocycles. The van der Waals surface area contributed by atoms with E-state index in [-0.39, 0.29) is 0 Å². The molecule has 1 saturated carbocycles. The van der Waals surface area contributed by atoms with Gasteiger partial charge in [0.25, 0.3) is 0 Å². The van der Waals surface area contributed by atoms with Crippen molar-refractivity contribution >= 4 is 5.69 Å². The summed E-state index contributed by atoms with van der Waals surface area (Å²) in [6.07, 6.45) is 6.53. The van der Waals surface area contributed by atoms with Gasteiger partial charge in [0.1, 0.15) is 0 Å². The molecule has 0 unspecified atom stereocenters. The van der Waals surface area contributed by atoms with E-state index < -0.39 is 0 Å². The smallest absolute Gasteiger partial charge is 0.0820 e. The molecule has 2 aromatic rings. The Balaban J connectivity index is 1.46. The maximum atomic E-state index is 4.83. The molecule has 1 fully saturated rings. The van der Waals surface area contributed by atoms with Gasteiger partial charge >= 0.3 is 0 Å². The molecule has 0 atom stereocenters. The van der Waals surface area contributed by atoms with Crippen LogP contribution < -0.4 is 4.90 Å². The molecule has 0 N–H and O–H groups in total. The lowest BCUT2D eigenvalue weighted by Gasteiger charge is -2.18. The number of anilines is 1. The number of nitrogens with zero attached hydrogens (tertiary/aromatic N) is 3. The van der Waals surface area contributed by atoms with Gasteiger partial charge < -0.3 is 4.90 Å². The Bertz CT molecular complexity index is 673. The molecule has 108 valence electrons. The summed E-state index contributed by atoms with van der Waals surface area (Å²) >= 11 is 0. The third-order valence-corrected chi connectivity index (χ3v) is 5.48. The standard InChI is InChI=1S/C18H21N3/c1-2-7-17-16(6-1)18(8-9-18)13-20(17)12-14-11-15-5-3-4-10-21(15)19-14/h1-2,6-7,11H,3-5,8-10,12-13H2. The monoisotopic (exact) mass is 279 g/mol. The summed E-state index contributed by atoms with van der Waals surface area (Å²) in [5.74, 6) is 0. The Morgan fingerprint density at radius 1 is 1.14 bits per heavy atom. The molecule has 0 amide bonds. The lowest BCUT2D eigenvalue weighted by Crippen LogP contribution is -2.24. The van der Waals surface area contributed by atoms with E-state index in [2.05, 4.69) is 39.9 Å². The number of benzene rings is 1. The number of rotatable bonds is 2. The summed E-state index contributed by atoms with van der Waals surface area (Å²) in [4.78, 5) is 2.55. The van der Waals surface area contributed by atoms with Crippen LogP contribution in [0.4, 0.5) is 5.69 Å². The molecular formula is C18H21N3. The molecule has 0 bridgehead atoms. The average Bonchev–Trinajstić information content (AvgIpc) is 3.07. The minimum atomic E-state index is 0.482. The Morgan fingerprint density at radius 3 is 2.90 bits per heavy atom. The van der Waals surface area contributed by atoms with Crippen molar-refractivity contribution in [1.82, 2.24) is 9.78 Å². The van der Waals surface area contributed by atoms with Gasteiger partial charge in [-0.05, 0) is 49.8 Å². The molecule has 3 heterocycles. The first kappa shape index (κ1) is 11.8. The van der Waals surface area contributed by atoms with Gasteiger partial charge in [-0.25, -0.2) is 0 Å². The Kier molecular flexibility index (Phi) is 2.33. The zero-order valence-electron chi connectivity index (χ0n) is 12.4. The van der Waals surface area contributed by atoms with Crippen LogP contribution in [-0.2, 0) is 24.9 Å². The quantitative estimate of drug-likeness (QED) is 0.841. The molecule has 5 rings (SSSR count). The largest absolute Gasteiger partial charge is 0.364 e. The van der Waals surface area contributed by atoms with Gasteiger partial charge in [-0.3, -0.25) is 4.68 Å². The van der Waals surface area contributed by atoms with Gasteiger partial charge in [-0.1, -0.05) is 18.2 Å². The van der Waals surface area contributed by atoms with Crippen molar-refractivity contribution < 1.29 is 0 Å². The Labute approximate surface area is 125 Å². The van der Waals surface area contributed by atoms with Crippen LogP contribution in [0.1, 0.15) is 42.6 Å². The topological polar surface area (TPSA) is 21.1 Å². The summed E-state index contributed by atoms with van der Waals surface area (Å²) in [5.41, 5.74) is 6.19. The molecule has 1 aromatic heterocycles. The van der Waals surface area contributed by atoms with Gasteiger partial charge in [-0.2, -0.15) is 5.10 Å². The molecule has 3 heteroatoms. The first-order valence-electron chi connectivity index (χ1n) is 8.24. The lowest BCUT2D eigenvalue weighted by atomic mass is 9.99. The molecule has 1 aromatic carbocycles. The van der Waals surface area contributed by atoms with Gasteiger partial charge in [0, 0.05) is 29.9 Å². The van der Waals surface area contributed by atoms with Crippen molar-refractivity contribution in [2.75, 3.05) is 11.4 Å². The van der Waals surface area contributed by atoms with Crippen molar-refractivity contribution in [2.24, 2.45) is 0 Å². The van der Waals surface area contributed by atoms with Gasteiger partial charge in [0.05, 0.1) is 12.2 Å². The van der Waals surface area contributed by atoms with Crippen LogP contribution in [0.3, 0.4) is 0 Å². The number of fused-ring (bicyclic) bond motifs is 3. The fourth-order valence-corrected chi connectivity index (χ4v) is 4.20. The normalized spacial score (nSPS) is 21.4. The lowest BCUT2D eigenvalue weighted by molar-refractivity contribution is 0.483. The van der Waals surface area contributed by atoms with Crippen LogP contribution >= 0.6 is 0 Å². The van der Waals surface area contributed by atoms with Crippen molar-refractivity contribution in [3.8, 4) is 0 Å². The first-order chi connectivity index (χ1) is 10.3. The average molecular weight is 279 g/mol. The maximum Gasteiger partial charge on any atom is 0.0820 e. The number of aromatic nitrogens is 2. The van der Waals surface area contributed by atoms with Crippen molar-refractivity contribution in [3.63, 3.8) is 0 Å². The summed E-state index contributed by atoms with van der Waals surface area (Å²) in [7, 11) is 0. The molecule has 1 spiro atoms. The van der Waals surface area contributed by atoms with Gasteiger partial charge in [-0.15, -0.1) is 0 Å². The van der Waals surface area contributed by atoms with Crippen molar-refractivity contribution in [2.45, 2.75) is 50.6 Å². The summed E-state index contributed by atoms with van der Waals surface area (Å²) in [5, 5.41) is 4.83. The predicted octanol–water partition coefficient (Wildman–Crippen LogP) is 3.27. The molecule has 0 saturated heterocycles. The SMILES string of the molecule is c1ccc2c(c1)N(Cc1cc3n(n1)CCCC3)CC21CC1. The van der Waals surface area contributed by atoms with Crippen LogP contribution in [0, 0.1) is 0 Å². The molecule has 3 aliphatic rings. The number of hydrogen-bond donors (Lipinski definition) is 0. The van der Waals surface area contributed by atoms with E-state index in [0.717, 1.165) is 13.1 Å². The maximum absolute atomic E-state index is 4.83. The van der Waals surface area contributed by atoms with E-state index >= 15 is 0 Å². The second-order valence-corrected chi connectivity index (χ2v) is 6.96. The third kappa shape index (κ3) is 1.76. The predicted molar refractivity (Wildman–Crippen MR) is 83.6 cm³/mol. The second-order valence-electron chi connectivity index (χ2n) is 6.96. The van der Waals surface area contributed by atoms with Crippen LogP contribution in [-0.4, -0.2) is 16.3 Å². The minimum absolute atomic E-state index is 0.482. The number of para-hydroxylation sites is 1. The highest BCUT2D eigenvalue weighted by molar-refractivity contribution is 5.64. The van der Waals surface area contributed by atoms with Crippen molar-refractivity contribution in [1.29, 1.82) is 0 Å². The van der Waals surface area contributed by atoms with Gasteiger partial charge in [0.15, 0.2) is 0 Å². The van der Waals surface area contributed by atoms with E-state index in [4.69, 9.17) is 5.10 Å². The number of aryl methyl sites for hydroxylation is 2. The fourth-order valence-electron chi connectivity index (χ4n) is 4.20. The van der Waals surface area contributed by atoms with Crippen LogP contribution in [0.15, 0.2) is 30.3 Å². The third-order valence-electron chi connectivity index (χ3n) is 5.48. The van der Waals surface area contributed by atoms with Crippen LogP contribution in [0.2, 0.25) is 0 Å². The van der Waals surface area contributed by atoms with Crippen molar-refractivity contribution in [3.05, 3.63) is 47.3 Å². The summed E-state index contributed by atoms with van der Waals surface area (Å²) < 4.78 is 2.23. The molecule has 3 nitrogen and oxygen atoms in total. The minimum Gasteiger partial charge on any atom is -0.364 e. The molecule has 0 radical (unpaired) electrons. The van der Waals surface area contributed by atoms with E-state index in [9.17, 15) is 0 Å². The highest BCUT2D eigenvalue weighted by Gasteiger charge is 2.51. The van der Waals surface area contributed by atoms with Crippen LogP contribution in [0.25, 0.3) is 0 Å². The zero-order valence-corrected chi connectivity index (χ0v) is 12.4. The summed E-state index contributed by atoms with van der Waals surface area (Å²) in [6, 6.07) is 11.3. The Morgan fingerprint density at radius 2 is 2.05 bits per heavy atom. The van der Waals surface area contributed by atoms with E-state index in [1.54, 1.807) is 5.56 Å². The summed E-state index contributed by atoms with van der Waals surface area (Å²) in [6.45, 7) is 3.27. The molecule has 1 aliphatic carbocycles. The fraction of sp³-hybridized carbons (Fsp3) is 0.500. The second kappa shape index (κ2) is 4.12. The first-order valence-corrected chi connectivity index (χ1v) is 8.24. The Hall–Kier alpha value is -1.77. The van der Waals surface area contributed by atoms with E-state index in [1.807, 2.05) is 0 Å². The molecule has 21 heavy (non-hydrogen) atoms.